The molecule has 0 N–H and O–H groups in total. The molecule has 0 aliphatic heterocycles. The number of hydrogen-bond acceptors (Lipinski definition) is 1. The van der Waals surface area contributed by atoms with Crippen LogP contribution >= 0.6 is 0 Å². The number of nitrogens with zero attached hydrogens (tertiary/aromatic N) is 1. The van der Waals surface area contributed by atoms with Gasteiger partial charge in [0.15, 0.2) is 0 Å². The predicted molar refractivity (Wildman–Crippen MR) is 102 cm³/mol. The molecule has 2 aromatic carbocycles. The van der Waals surface area contributed by atoms with Crippen LogP contribution in [0.5, 0.6) is 0 Å². The van der Waals surface area contributed by atoms with Crippen molar-refractivity contribution in [3.8, 4) is 0 Å². The highest BCUT2D eigenvalue weighted by atomic mass is 127. The van der Waals surface area contributed by atoms with Gasteiger partial charge in [-0.2, -0.15) is 0 Å². The summed E-state index contributed by atoms with van der Waals surface area (Å²) in [6, 6.07) is 22.2. The Labute approximate surface area is 170 Å². The molecule has 0 amide bonds. The second-order valence-electron chi connectivity index (χ2n) is 7.33. The van der Waals surface area contributed by atoms with Gasteiger partial charge in [-0.1, -0.05) is 60.7 Å². The first-order valence-corrected chi connectivity index (χ1v) is 9.01. The molecule has 0 unspecified atom stereocenters. The third-order valence-corrected chi connectivity index (χ3v) is 5.42. The van der Waals surface area contributed by atoms with E-state index >= 15 is 0 Å². The molecule has 0 aliphatic carbocycles. The van der Waals surface area contributed by atoms with Gasteiger partial charge in [0.05, 0.1) is 25.7 Å². The zero-order chi connectivity index (χ0) is 17.6. The van der Waals surface area contributed by atoms with Gasteiger partial charge in [-0.25, -0.2) is 0 Å². The average molecular weight is 453 g/mol. The third-order valence-electron chi connectivity index (χ3n) is 5.42. The Morgan fingerprint density at radius 2 is 1.16 bits per heavy atom. The SMILES string of the molecule is CC(C)[N+](C)(CCOC(c1ccccc1)c1ccccc1)C(C)C.[I-]. The van der Waals surface area contributed by atoms with Gasteiger partial charge in [0.1, 0.15) is 12.6 Å². The van der Waals surface area contributed by atoms with E-state index in [0.29, 0.717) is 12.1 Å². The van der Waals surface area contributed by atoms with Crippen molar-refractivity contribution in [2.45, 2.75) is 45.9 Å². The van der Waals surface area contributed by atoms with Crippen molar-refractivity contribution < 1.29 is 33.2 Å². The molecule has 0 atom stereocenters. The first-order chi connectivity index (χ1) is 11.4. The molecular formula is C22H32INO. The molecule has 2 aromatic rings. The van der Waals surface area contributed by atoms with E-state index in [4.69, 9.17) is 4.74 Å². The fourth-order valence-electron chi connectivity index (χ4n) is 3.12. The summed E-state index contributed by atoms with van der Waals surface area (Å²) < 4.78 is 7.42. The molecule has 25 heavy (non-hydrogen) atoms. The van der Waals surface area contributed by atoms with E-state index in [9.17, 15) is 0 Å². The molecule has 0 spiro atoms. The van der Waals surface area contributed by atoms with Crippen LogP contribution in [0, 0.1) is 0 Å². The summed E-state index contributed by atoms with van der Waals surface area (Å²) in [6.07, 6.45) is 0.000162. The van der Waals surface area contributed by atoms with Crippen LogP contribution in [0.4, 0.5) is 0 Å². The largest absolute Gasteiger partial charge is 1.00 e. The molecule has 3 heteroatoms. The second-order valence-corrected chi connectivity index (χ2v) is 7.33. The Bertz CT molecular complexity index is 550. The van der Waals surface area contributed by atoms with Gasteiger partial charge in [-0.3, -0.25) is 0 Å². The highest BCUT2D eigenvalue weighted by molar-refractivity contribution is 5.29. The van der Waals surface area contributed by atoms with E-state index in [1.165, 1.54) is 11.1 Å². The van der Waals surface area contributed by atoms with Crippen molar-refractivity contribution in [3.63, 3.8) is 0 Å². The Hall–Kier alpha value is -0.910. The zero-order valence-corrected chi connectivity index (χ0v) is 18.3. The van der Waals surface area contributed by atoms with Gasteiger partial charge in [-0.05, 0) is 38.8 Å². The molecule has 0 fully saturated rings. The molecule has 0 saturated heterocycles. The highest BCUT2D eigenvalue weighted by Crippen LogP contribution is 2.26. The van der Waals surface area contributed by atoms with Crippen molar-refractivity contribution in [2.75, 3.05) is 20.2 Å². The van der Waals surface area contributed by atoms with Crippen LogP contribution in [0.15, 0.2) is 60.7 Å². The minimum atomic E-state index is 0. The fourth-order valence-corrected chi connectivity index (χ4v) is 3.12. The highest BCUT2D eigenvalue weighted by Gasteiger charge is 2.29. The molecule has 0 heterocycles. The van der Waals surface area contributed by atoms with Gasteiger partial charge in [0.25, 0.3) is 0 Å². The van der Waals surface area contributed by atoms with Gasteiger partial charge < -0.3 is 33.2 Å². The van der Waals surface area contributed by atoms with Crippen molar-refractivity contribution in [1.82, 2.24) is 0 Å². The number of halogens is 1. The van der Waals surface area contributed by atoms with E-state index in [1.807, 2.05) is 0 Å². The number of ether oxygens (including phenoxy) is 1. The lowest BCUT2D eigenvalue weighted by Gasteiger charge is -2.42. The molecule has 0 saturated carbocycles. The maximum Gasteiger partial charge on any atom is 0.108 e. The Balaban J connectivity index is 0.00000312. The number of quaternary nitrogens is 1. The lowest BCUT2D eigenvalue weighted by Crippen LogP contribution is -3.00. The molecule has 0 bridgehead atoms. The number of hydrogen-bond donors (Lipinski definition) is 0. The van der Waals surface area contributed by atoms with Gasteiger partial charge in [-0.15, -0.1) is 0 Å². The molecule has 0 aromatic heterocycles. The second kappa shape index (κ2) is 10.3. The number of rotatable bonds is 8. The summed E-state index contributed by atoms with van der Waals surface area (Å²) in [4.78, 5) is 0. The minimum absolute atomic E-state index is 0. The monoisotopic (exact) mass is 453 g/mol. The smallest absolute Gasteiger partial charge is 0.108 e. The summed E-state index contributed by atoms with van der Waals surface area (Å²) in [5, 5.41) is 0. The quantitative estimate of drug-likeness (QED) is 0.439. The van der Waals surface area contributed by atoms with Crippen molar-refractivity contribution in [2.24, 2.45) is 0 Å². The topological polar surface area (TPSA) is 9.23 Å². The maximum absolute atomic E-state index is 6.39. The number of benzene rings is 2. The summed E-state index contributed by atoms with van der Waals surface area (Å²) >= 11 is 0. The lowest BCUT2D eigenvalue weighted by molar-refractivity contribution is -0.949. The summed E-state index contributed by atoms with van der Waals surface area (Å²) in [7, 11) is 2.33. The Kier molecular flexibility index (Phi) is 9.11. The first-order valence-electron chi connectivity index (χ1n) is 9.01. The molecule has 138 valence electrons. The standard InChI is InChI=1S/C22H32NO.HI/c1-18(2)23(5,19(3)4)16-17-24-22(20-12-8-6-9-13-20)21-14-10-7-11-15-21;/h6-15,18-19,22H,16-17H2,1-5H3;1H/q+1;/p-1. The van der Waals surface area contributed by atoms with E-state index < -0.39 is 0 Å². The van der Waals surface area contributed by atoms with Crippen LogP contribution in [0.2, 0.25) is 0 Å². The van der Waals surface area contributed by atoms with Crippen LogP contribution < -0.4 is 24.0 Å². The molecule has 0 aliphatic rings. The molecular weight excluding hydrogens is 421 g/mol. The lowest BCUT2D eigenvalue weighted by atomic mass is 10.0. The average Bonchev–Trinajstić information content (AvgIpc) is 2.59. The van der Waals surface area contributed by atoms with Crippen LogP contribution in [-0.2, 0) is 4.74 Å². The molecule has 2 nitrogen and oxygen atoms in total. The van der Waals surface area contributed by atoms with E-state index in [0.717, 1.165) is 17.6 Å². The van der Waals surface area contributed by atoms with Crippen LogP contribution in [-0.4, -0.2) is 36.8 Å². The van der Waals surface area contributed by atoms with Crippen molar-refractivity contribution in [3.05, 3.63) is 71.8 Å². The summed E-state index contributed by atoms with van der Waals surface area (Å²) in [6.45, 7) is 11.0. The van der Waals surface area contributed by atoms with Crippen LogP contribution in [0.3, 0.4) is 0 Å². The third kappa shape index (κ3) is 5.80. The zero-order valence-electron chi connectivity index (χ0n) is 16.2. The van der Waals surface area contributed by atoms with Gasteiger partial charge >= 0.3 is 0 Å². The molecule has 0 radical (unpaired) electrons. The Morgan fingerprint density at radius 3 is 1.52 bits per heavy atom. The van der Waals surface area contributed by atoms with Crippen LogP contribution in [0.1, 0.15) is 44.9 Å². The summed E-state index contributed by atoms with van der Waals surface area (Å²) in [5.74, 6) is 0. The summed E-state index contributed by atoms with van der Waals surface area (Å²) in [5.41, 5.74) is 2.43. The van der Waals surface area contributed by atoms with E-state index in [1.54, 1.807) is 0 Å². The predicted octanol–water partition coefficient (Wildman–Crippen LogP) is 2.06. The van der Waals surface area contributed by atoms with Gasteiger partial charge in [0, 0.05) is 0 Å². The van der Waals surface area contributed by atoms with Crippen molar-refractivity contribution >= 4 is 0 Å². The first kappa shape index (κ1) is 22.1. The van der Waals surface area contributed by atoms with Crippen LogP contribution in [0.25, 0.3) is 0 Å². The minimum Gasteiger partial charge on any atom is -1.00 e. The van der Waals surface area contributed by atoms with E-state index in [-0.39, 0.29) is 30.1 Å². The Morgan fingerprint density at radius 1 is 0.760 bits per heavy atom. The normalized spacial score (nSPS) is 11.8. The molecule has 2 rings (SSSR count). The maximum atomic E-state index is 6.39. The van der Waals surface area contributed by atoms with Crippen molar-refractivity contribution in [1.29, 1.82) is 0 Å². The fraction of sp³-hybridized carbons (Fsp3) is 0.455. The van der Waals surface area contributed by atoms with E-state index in [2.05, 4.69) is 95.4 Å². The number of likely N-dealkylation sites (N-methyl/N-ethyl adjacent to an activating group) is 1. The van der Waals surface area contributed by atoms with Gasteiger partial charge in [0.2, 0.25) is 0 Å².